The summed E-state index contributed by atoms with van der Waals surface area (Å²) in [4.78, 5) is 11.5. The van der Waals surface area contributed by atoms with E-state index in [0.717, 1.165) is 5.56 Å². The van der Waals surface area contributed by atoms with Crippen molar-refractivity contribution in [1.82, 2.24) is 5.43 Å². The second kappa shape index (κ2) is 5.65. The molecule has 1 amide bonds. The van der Waals surface area contributed by atoms with Crippen molar-refractivity contribution in [2.45, 2.75) is 32.9 Å². The Balaban J connectivity index is 2.54. The molecule has 0 aliphatic heterocycles. The zero-order chi connectivity index (χ0) is 12.9. The number of anilines is 1. The van der Waals surface area contributed by atoms with E-state index in [1.54, 1.807) is 12.1 Å². The fourth-order valence-corrected chi connectivity index (χ4v) is 1.25. The lowest BCUT2D eigenvalue weighted by atomic mass is 10.2. The lowest BCUT2D eigenvalue weighted by Crippen LogP contribution is -2.27. The highest BCUT2D eigenvalue weighted by Gasteiger charge is 2.15. The van der Waals surface area contributed by atoms with Gasteiger partial charge >= 0.3 is 6.09 Å². The quantitative estimate of drug-likeness (QED) is 0.555. The van der Waals surface area contributed by atoms with Crippen LogP contribution in [-0.2, 0) is 11.3 Å². The summed E-state index contributed by atoms with van der Waals surface area (Å²) in [7, 11) is 0. The van der Waals surface area contributed by atoms with E-state index in [1.807, 2.05) is 32.9 Å². The Morgan fingerprint density at radius 1 is 1.29 bits per heavy atom. The van der Waals surface area contributed by atoms with E-state index in [-0.39, 0.29) is 0 Å². The predicted molar refractivity (Wildman–Crippen MR) is 67.3 cm³/mol. The van der Waals surface area contributed by atoms with Crippen molar-refractivity contribution in [3.05, 3.63) is 29.8 Å². The molecular weight excluding hydrogens is 218 g/mol. The number of amides is 1. The molecule has 0 atom stereocenters. The maximum atomic E-state index is 11.5. The van der Waals surface area contributed by atoms with Gasteiger partial charge in [-0.15, -0.1) is 0 Å². The standard InChI is InChI=1S/C12H19N3O2/c1-12(2,3)17-11(16)15-10-6-4-9(5-7-10)8-14-13/h4-7,14H,8,13H2,1-3H3,(H,15,16). The van der Waals surface area contributed by atoms with E-state index in [1.165, 1.54) is 0 Å². The molecule has 4 N–H and O–H groups in total. The Morgan fingerprint density at radius 2 is 1.88 bits per heavy atom. The predicted octanol–water partition coefficient (Wildman–Crippen LogP) is 2.00. The molecule has 5 nitrogen and oxygen atoms in total. The van der Waals surface area contributed by atoms with Crippen molar-refractivity contribution in [2.24, 2.45) is 5.84 Å². The second-order valence-corrected chi connectivity index (χ2v) is 4.70. The van der Waals surface area contributed by atoms with E-state index >= 15 is 0 Å². The Morgan fingerprint density at radius 3 is 2.35 bits per heavy atom. The summed E-state index contributed by atoms with van der Waals surface area (Å²) in [5, 5.41) is 2.65. The Kier molecular flexibility index (Phi) is 4.48. The summed E-state index contributed by atoms with van der Waals surface area (Å²) in [6, 6.07) is 7.37. The Hall–Kier alpha value is -1.59. The first kappa shape index (κ1) is 13.5. The fraction of sp³-hybridized carbons (Fsp3) is 0.417. The van der Waals surface area contributed by atoms with Gasteiger partial charge in [0.25, 0.3) is 0 Å². The molecular formula is C12H19N3O2. The van der Waals surface area contributed by atoms with Gasteiger partial charge in [-0.25, -0.2) is 4.79 Å². The second-order valence-electron chi connectivity index (χ2n) is 4.70. The summed E-state index contributed by atoms with van der Waals surface area (Å²) in [5.41, 5.74) is 3.81. The van der Waals surface area contributed by atoms with E-state index in [4.69, 9.17) is 10.6 Å². The Labute approximate surface area is 101 Å². The molecule has 1 aromatic rings. The number of ether oxygens (including phenoxy) is 1. The first-order valence-corrected chi connectivity index (χ1v) is 5.43. The van der Waals surface area contributed by atoms with Gasteiger partial charge in [0, 0.05) is 12.2 Å². The third-order valence-electron chi connectivity index (χ3n) is 1.91. The van der Waals surface area contributed by atoms with Gasteiger partial charge in [0.05, 0.1) is 0 Å². The molecule has 0 aliphatic rings. The highest BCUT2D eigenvalue weighted by Crippen LogP contribution is 2.12. The van der Waals surface area contributed by atoms with E-state index < -0.39 is 11.7 Å². The maximum absolute atomic E-state index is 11.5. The average Bonchev–Trinajstić information content (AvgIpc) is 2.18. The smallest absolute Gasteiger partial charge is 0.412 e. The topological polar surface area (TPSA) is 76.4 Å². The van der Waals surface area contributed by atoms with Crippen LogP contribution in [0.25, 0.3) is 0 Å². The summed E-state index contributed by atoms with van der Waals surface area (Å²) >= 11 is 0. The molecule has 0 saturated carbocycles. The van der Waals surface area contributed by atoms with Crippen molar-refractivity contribution in [3.63, 3.8) is 0 Å². The number of carbonyl (C=O) groups is 1. The largest absolute Gasteiger partial charge is 0.444 e. The van der Waals surface area contributed by atoms with E-state index in [9.17, 15) is 4.79 Å². The molecule has 0 unspecified atom stereocenters. The van der Waals surface area contributed by atoms with Gasteiger partial charge < -0.3 is 4.74 Å². The van der Waals surface area contributed by atoms with Crippen molar-refractivity contribution in [1.29, 1.82) is 0 Å². The highest BCUT2D eigenvalue weighted by molar-refractivity contribution is 5.84. The first-order valence-electron chi connectivity index (χ1n) is 5.43. The van der Waals surface area contributed by atoms with Gasteiger partial charge in [-0.2, -0.15) is 0 Å². The first-order chi connectivity index (χ1) is 7.90. The van der Waals surface area contributed by atoms with E-state index in [0.29, 0.717) is 12.2 Å². The zero-order valence-corrected chi connectivity index (χ0v) is 10.4. The monoisotopic (exact) mass is 237 g/mol. The van der Waals surface area contributed by atoms with Crippen molar-refractivity contribution in [2.75, 3.05) is 5.32 Å². The number of nitrogens with one attached hydrogen (secondary N) is 2. The highest BCUT2D eigenvalue weighted by atomic mass is 16.6. The van der Waals surface area contributed by atoms with Crippen molar-refractivity contribution >= 4 is 11.8 Å². The third kappa shape index (κ3) is 5.33. The van der Waals surface area contributed by atoms with Crippen LogP contribution in [0, 0.1) is 0 Å². The molecule has 0 fully saturated rings. The molecule has 1 rings (SSSR count). The Bertz CT molecular complexity index is 368. The molecule has 17 heavy (non-hydrogen) atoms. The molecule has 94 valence electrons. The zero-order valence-electron chi connectivity index (χ0n) is 10.4. The molecule has 1 aromatic carbocycles. The minimum absolute atomic E-state index is 0.456. The molecule has 0 bridgehead atoms. The molecule has 0 radical (unpaired) electrons. The number of carbonyl (C=O) groups excluding carboxylic acids is 1. The maximum Gasteiger partial charge on any atom is 0.412 e. The molecule has 0 aliphatic carbocycles. The SMILES string of the molecule is CC(C)(C)OC(=O)Nc1ccc(CNN)cc1. The third-order valence-corrected chi connectivity index (χ3v) is 1.91. The summed E-state index contributed by atoms with van der Waals surface area (Å²) in [6.45, 7) is 6.06. The van der Waals surface area contributed by atoms with Crippen LogP contribution in [0.4, 0.5) is 10.5 Å². The normalized spacial score (nSPS) is 11.1. The fourth-order valence-electron chi connectivity index (χ4n) is 1.25. The lowest BCUT2D eigenvalue weighted by Gasteiger charge is -2.19. The number of hydrogen-bond donors (Lipinski definition) is 3. The molecule has 5 heteroatoms. The number of rotatable bonds is 3. The minimum atomic E-state index is -0.493. The molecule has 0 saturated heterocycles. The van der Waals surface area contributed by atoms with Crippen LogP contribution in [0.1, 0.15) is 26.3 Å². The summed E-state index contributed by atoms with van der Waals surface area (Å²) < 4.78 is 5.14. The van der Waals surface area contributed by atoms with Crippen LogP contribution in [0.3, 0.4) is 0 Å². The van der Waals surface area contributed by atoms with Gasteiger partial charge in [-0.1, -0.05) is 12.1 Å². The summed E-state index contributed by atoms with van der Waals surface area (Å²) in [6.07, 6.45) is -0.456. The number of nitrogens with two attached hydrogens (primary N) is 1. The summed E-state index contributed by atoms with van der Waals surface area (Å²) in [5.74, 6) is 5.21. The van der Waals surface area contributed by atoms with Crippen LogP contribution in [-0.4, -0.2) is 11.7 Å². The minimum Gasteiger partial charge on any atom is -0.444 e. The average molecular weight is 237 g/mol. The van der Waals surface area contributed by atoms with Crippen LogP contribution >= 0.6 is 0 Å². The molecule has 0 heterocycles. The van der Waals surface area contributed by atoms with Crippen LogP contribution < -0.4 is 16.6 Å². The van der Waals surface area contributed by atoms with Crippen LogP contribution in [0.15, 0.2) is 24.3 Å². The number of hydrazine groups is 1. The van der Waals surface area contributed by atoms with Crippen LogP contribution in [0.5, 0.6) is 0 Å². The van der Waals surface area contributed by atoms with Gasteiger partial charge in [-0.05, 0) is 38.5 Å². The van der Waals surface area contributed by atoms with Crippen molar-refractivity contribution < 1.29 is 9.53 Å². The number of hydrogen-bond acceptors (Lipinski definition) is 4. The van der Waals surface area contributed by atoms with Crippen molar-refractivity contribution in [3.8, 4) is 0 Å². The lowest BCUT2D eigenvalue weighted by molar-refractivity contribution is 0.0636. The van der Waals surface area contributed by atoms with E-state index in [2.05, 4.69) is 10.7 Å². The molecule has 0 aromatic heterocycles. The van der Waals surface area contributed by atoms with Crippen LogP contribution in [0.2, 0.25) is 0 Å². The van der Waals surface area contributed by atoms with Gasteiger partial charge in [-0.3, -0.25) is 16.6 Å². The van der Waals surface area contributed by atoms with Gasteiger partial charge in [0.2, 0.25) is 0 Å². The van der Waals surface area contributed by atoms with Gasteiger partial charge in [0.1, 0.15) is 5.60 Å². The van der Waals surface area contributed by atoms with Gasteiger partial charge in [0.15, 0.2) is 0 Å². The number of benzene rings is 1. The molecule has 0 spiro atoms.